The average molecular weight is 546 g/mol. The number of likely N-dealkylation sites (tertiary alicyclic amines) is 1. The number of nitrogens with zero attached hydrogens (tertiary/aromatic N) is 2. The van der Waals surface area contributed by atoms with Crippen LogP contribution in [0.4, 0.5) is 4.79 Å². The van der Waals surface area contributed by atoms with Gasteiger partial charge in [0.05, 0.1) is 6.54 Å². The van der Waals surface area contributed by atoms with Gasteiger partial charge in [-0.15, -0.1) is 24.0 Å². The highest BCUT2D eigenvalue weighted by Gasteiger charge is 2.27. The van der Waals surface area contributed by atoms with Gasteiger partial charge in [-0.25, -0.2) is 9.79 Å². The van der Waals surface area contributed by atoms with Crippen LogP contribution in [0.25, 0.3) is 0 Å². The molecule has 2 heterocycles. The van der Waals surface area contributed by atoms with E-state index >= 15 is 0 Å². The second kappa shape index (κ2) is 11.6. The number of guanidine groups is 1. The number of hydrogen-bond acceptors (Lipinski definition) is 5. The lowest BCUT2D eigenvalue weighted by molar-refractivity contribution is 0.0168. The van der Waals surface area contributed by atoms with Crippen molar-refractivity contribution in [3.05, 3.63) is 23.8 Å². The lowest BCUT2D eigenvalue weighted by atomic mass is 9.98. The summed E-state index contributed by atoms with van der Waals surface area (Å²) in [6.07, 6.45) is 1.83. The maximum absolute atomic E-state index is 12.4. The van der Waals surface area contributed by atoms with Crippen LogP contribution < -0.4 is 20.1 Å². The van der Waals surface area contributed by atoms with Crippen molar-refractivity contribution in [1.82, 2.24) is 15.5 Å². The summed E-state index contributed by atoms with van der Waals surface area (Å²) in [7, 11) is 0. The zero-order valence-electron chi connectivity index (χ0n) is 18.9. The molecule has 0 spiro atoms. The molecule has 1 atom stereocenters. The van der Waals surface area contributed by atoms with E-state index in [1.807, 2.05) is 50.8 Å². The molecule has 9 heteroatoms. The third-order valence-corrected chi connectivity index (χ3v) is 4.93. The van der Waals surface area contributed by atoms with Crippen molar-refractivity contribution < 1.29 is 19.0 Å². The number of nitrogens with one attached hydrogen (secondary N) is 2. The molecule has 2 aliphatic heterocycles. The molecule has 1 amide bonds. The van der Waals surface area contributed by atoms with Crippen LogP contribution >= 0.6 is 24.0 Å². The molecule has 1 unspecified atom stereocenters. The van der Waals surface area contributed by atoms with Gasteiger partial charge in [-0.1, -0.05) is 6.07 Å². The molecular weight excluding hydrogens is 511 g/mol. The molecule has 31 heavy (non-hydrogen) atoms. The predicted octanol–water partition coefficient (Wildman–Crippen LogP) is 3.74. The van der Waals surface area contributed by atoms with Gasteiger partial charge >= 0.3 is 6.09 Å². The highest BCUT2D eigenvalue weighted by Crippen LogP contribution is 2.32. The number of carbonyl (C=O) groups excluding carboxylic acids is 1. The maximum atomic E-state index is 12.4. The van der Waals surface area contributed by atoms with Crippen molar-refractivity contribution in [2.24, 2.45) is 10.9 Å². The van der Waals surface area contributed by atoms with Gasteiger partial charge in [-0.05, 0) is 64.2 Å². The van der Waals surface area contributed by atoms with E-state index in [9.17, 15) is 4.79 Å². The van der Waals surface area contributed by atoms with Crippen LogP contribution in [0.5, 0.6) is 11.5 Å². The summed E-state index contributed by atoms with van der Waals surface area (Å²) < 4.78 is 16.3. The Morgan fingerprint density at radius 1 is 1.26 bits per heavy atom. The Morgan fingerprint density at radius 2 is 2.03 bits per heavy atom. The Bertz CT molecular complexity index is 766. The zero-order chi connectivity index (χ0) is 21.6. The Kier molecular flexibility index (Phi) is 9.52. The molecule has 1 aromatic carbocycles. The molecule has 1 saturated heterocycles. The van der Waals surface area contributed by atoms with Crippen molar-refractivity contribution in [1.29, 1.82) is 0 Å². The molecule has 1 fully saturated rings. The van der Waals surface area contributed by atoms with Gasteiger partial charge in [0, 0.05) is 26.2 Å². The molecule has 8 nitrogen and oxygen atoms in total. The molecular formula is C22H35IN4O4. The van der Waals surface area contributed by atoms with Crippen LogP contribution in [0.1, 0.15) is 46.1 Å². The number of piperidine rings is 1. The number of aliphatic imine (C=N–C) groups is 1. The van der Waals surface area contributed by atoms with Gasteiger partial charge < -0.3 is 29.7 Å². The molecule has 174 valence electrons. The van der Waals surface area contributed by atoms with Crippen LogP contribution in [0, 0.1) is 5.92 Å². The second-order valence-corrected chi connectivity index (χ2v) is 8.70. The van der Waals surface area contributed by atoms with Gasteiger partial charge in [0.2, 0.25) is 6.79 Å². The van der Waals surface area contributed by atoms with Crippen molar-refractivity contribution in [3.8, 4) is 11.5 Å². The van der Waals surface area contributed by atoms with Crippen molar-refractivity contribution in [2.75, 3.05) is 33.0 Å². The first-order chi connectivity index (χ1) is 14.3. The van der Waals surface area contributed by atoms with E-state index in [0.29, 0.717) is 19.0 Å². The number of hydrogen-bond donors (Lipinski definition) is 2. The standard InChI is InChI=1S/C22H34N4O4.HI/c1-5-23-20(24-12-16-8-9-18-19(11-16)29-15-28-18)25-13-17-7-6-10-26(14-17)21(27)30-22(2,3)4;/h8-9,11,17H,5-7,10,12-15H2,1-4H3,(H2,23,24,25);1H. The number of amides is 1. The Hall–Kier alpha value is -1.91. The molecule has 2 aliphatic rings. The normalized spacial score (nSPS) is 18.3. The minimum Gasteiger partial charge on any atom is -0.454 e. The number of benzene rings is 1. The molecule has 0 aliphatic carbocycles. The fraction of sp³-hybridized carbons (Fsp3) is 0.636. The minimum absolute atomic E-state index is 0. The number of ether oxygens (including phenoxy) is 3. The first-order valence-electron chi connectivity index (χ1n) is 10.7. The average Bonchev–Trinajstić information content (AvgIpc) is 3.17. The molecule has 3 rings (SSSR count). The quantitative estimate of drug-likeness (QED) is 0.333. The van der Waals surface area contributed by atoms with Gasteiger partial charge in [-0.2, -0.15) is 0 Å². The van der Waals surface area contributed by atoms with Crippen LogP contribution in [0.15, 0.2) is 23.2 Å². The Labute approximate surface area is 202 Å². The fourth-order valence-corrected chi connectivity index (χ4v) is 3.52. The summed E-state index contributed by atoms with van der Waals surface area (Å²) in [5.74, 6) is 2.68. The molecule has 1 aromatic rings. The topological polar surface area (TPSA) is 84.4 Å². The van der Waals surface area contributed by atoms with E-state index in [0.717, 1.165) is 55.5 Å². The summed E-state index contributed by atoms with van der Waals surface area (Å²) in [5, 5.41) is 6.71. The molecule has 0 radical (unpaired) electrons. The highest BCUT2D eigenvalue weighted by atomic mass is 127. The van der Waals surface area contributed by atoms with Crippen molar-refractivity contribution >= 4 is 36.0 Å². The summed E-state index contributed by atoms with van der Waals surface area (Å²) in [5.41, 5.74) is 0.590. The van der Waals surface area contributed by atoms with Gasteiger partial charge in [-0.3, -0.25) is 0 Å². The van der Waals surface area contributed by atoms with E-state index in [2.05, 4.69) is 15.6 Å². The predicted molar refractivity (Wildman–Crippen MR) is 131 cm³/mol. The first-order valence-corrected chi connectivity index (χ1v) is 10.7. The fourth-order valence-electron chi connectivity index (χ4n) is 3.52. The van der Waals surface area contributed by atoms with Gasteiger partial charge in [0.15, 0.2) is 17.5 Å². The third kappa shape index (κ3) is 7.93. The number of fused-ring (bicyclic) bond motifs is 1. The largest absolute Gasteiger partial charge is 0.454 e. The molecule has 0 aromatic heterocycles. The summed E-state index contributed by atoms with van der Waals surface area (Å²) >= 11 is 0. The second-order valence-electron chi connectivity index (χ2n) is 8.70. The molecule has 0 saturated carbocycles. The van der Waals surface area contributed by atoms with Gasteiger partial charge in [0.25, 0.3) is 0 Å². The van der Waals surface area contributed by atoms with Crippen LogP contribution in [0.2, 0.25) is 0 Å². The zero-order valence-corrected chi connectivity index (χ0v) is 21.2. The SMILES string of the molecule is CCNC(=NCc1ccc2c(c1)OCO2)NCC1CCCN(C(=O)OC(C)(C)C)C1.I. The first kappa shape index (κ1) is 25.4. The van der Waals surface area contributed by atoms with Crippen molar-refractivity contribution in [3.63, 3.8) is 0 Å². The van der Waals surface area contributed by atoms with E-state index in [1.54, 1.807) is 0 Å². The van der Waals surface area contributed by atoms with E-state index in [1.165, 1.54) is 0 Å². The Morgan fingerprint density at radius 3 is 2.77 bits per heavy atom. The molecule has 2 N–H and O–H groups in total. The summed E-state index contributed by atoms with van der Waals surface area (Å²) in [4.78, 5) is 18.9. The highest BCUT2D eigenvalue weighted by molar-refractivity contribution is 14.0. The smallest absolute Gasteiger partial charge is 0.410 e. The van der Waals surface area contributed by atoms with E-state index in [4.69, 9.17) is 14.2 Å². The summed E-state index contributed by atoms with van der Waals surface area (Å²) in [6, 6.07) is 5.89. The van der Waals surface area contributed by atoms with Crippen molar-refractivity contribution in [2.45, 2.75) is 52.7 Å². The number of rotatable bonds is 5. The lowest BCUT2D eigenvalue weighted by Gasteiger charge is -2.34. The minimum atomic E-state index is -0.470. The van der Waals surface area contributed by atoms with Crippen LogP contribution in [0.3, 0.4) is 0 Å². The third-order valence-electron chi connectivity index (χ3n) is 4.93. The molecule has 0 bridgehead atoms. The van der Waals surface area contributed by atoms with Crippen LogP contribution in [-0.4, -0.2) is 55.5 Å². The number of carbonyl (C=O) groups is 1. The van der Waals surface area contributed by atoms with E-state index in [-0.39, 0.29) is 36.9 Å². The number of halogens is 1. The monoisotopic (exact) mass is 546 g/mol. The van der Waals surface area contributed by atoms with E-state index < -0.39 is 5.60 Å². The lowest BCUT2D eigenvalue weighted by Crippen LogP contribution is -2.47. The maximum Gasteiger partial charge on any atom is 0.410 e. The van der Waals surface area contributed by atoms with Crippen LogP contribution in [-0.2, 0) is 11.3 Å². The Balaban J connectivity index is 0.00000341. The summed E-state index contributed by atoms with van der Waals surface area (Å²) in [6.45, 7) is 11.5. The van der Waals surface area contributed by atoms with Gasteiger partial charge in [0.1, 0.15) is 5.60 Å².